The lowest BCUT2D eigenvalue weighted by molar-refractivity contribution is 0.423. The number of oxazole rings is 1. The Hall–Kier alpha value is -3.15. The second-order valence-electron chi connectivity index (χ2n) is 7.93. The van der Waals surface area contributed by atoms with E-state index in [1.165, 1.54) is 0 Å². The summed E-state index contributed by atoms with van der Waals surface area (Å²) in [4.78, 5) is 4.55. The van der Waals surface area contributed by atoms with E-state index < -0.39 is 10.0 Å². The van der Waals surface area contributed by atoms with E-state index in [1.807, 2.05) is 37.3 Å². The summed E-state index contributed by atoms with van der Waals surface area (Å²) >= 11 is 0. The maximum absolute atomic E-state index is 13.0. The van der Waals surface area contributed by atoms with E-state index in [1.54, 1.807) is 28.6 Å². The molecule has 0 aliphatic carbocycles. The highest BCUT2D eigenvalue weighted by Crippen LogP contribution is 2.29. The highest BCUT2D eigenvalue weighted by atomic mass is 32.2. The number of sulfonamides is 1. The molecule has 1 saturated heterocycles. The fourth-order valence-electron chi connectivity index (χ4n) is 3.84. The van der Waals surface area contributed by atoms with Gasteiger partial charge in [0.05, 0.1) is 10.9 Å². The first-order valence-corrected chi connectivity index (χ1v) is 12.3. The molecule has 0 spiro atoms. The molecular formula is C24H26N4O3S. The molecule has 1 fully saturated rings. The van der Waals surface area contributed by atoms with Crippen LogP contribution in [0.3, 0.4) is 0 Å². The number of anilines is 1. The third-order valence-electron chi connectivity index (χ3n) is 5.68. The van der Waals surface area contributed by atoms with Crippen molar-refractivity contribution in [3.05, 3.63) is 65.9 Å². The van der Waals surface area contributed by atoms with Gasteiger partial charge in [0.2, 0.25) is 27.5 Å². The summed E-state index contributed by atoms with van der Waals surface area (Å²) in [5.74, 6) is 0.558. The average molecular weight is 451 g/mol. The highest BCUT2D eigenvalue weighted by Gasteiger charge is 2.25. The second-order valence-corrected chi connectivity index (χ2v) is 9.87. The Labute approximate surface area is 188 Å². The van der Waals surface area contributed by atoms with Crippen molar-refractivity contribution in [2.45, 2.75) is 43.5 Å². The molecular weight excluding hydrogens is 424 g/mol. The van der Waals surface area contributed by atoms with E-state index in [0.29, 0.717) is 24.5 Å². The molecule has 1 aliphatic rings. The number of hydrogen-bond acceptors (Lipinski definition) is 6. The molecule has 2 aromatic carbocycles. The van der Waals surface area contributed by atoms with Crippen LogP contribution in [0.4, 0.5) is 5.88 Å². The van der Waals surface area contributed by atoms with Gasteiger partial charge in [-0.2, -0.15) is 14.6 Å². The normalized spacial score (nSPS) is 16.1. The molecule has 8 heteroatoms. The first-order valence-electron chi connectivity index (χ1n) is 10.8. The Kier molecular flexibility index (Phi) is 6.58. The summed E-state index contributed by atoms with van der Waals surface area (Å²) in [6, 6.07) is 18.3. The van der Waals surface area contributed by atoms with Gasteiger partial charge >= 0.3 is 0 Å². The standard InChI is InChI=1S/C24H26N4O3S/c1-18(19-9-5-4-6-10-19)26-24-22(17-25)27-23(31-24)20-11-13-21(14-12-20)32(29,30)28-15-7-2-3-8-16-28/h4-6,9-14,18,26H,2-3,7-8,15-16H2,1H3/t18-/m0/s1. The minimum absolute atomic E-state index is 0.0785. The zero-order valence-corrected chi connectivity index (χ0v) is 18.8. The SMILES string of the molecule is C[C@H](Nc1oc(-c2ccc(S(=O)(=O)N3CCCCCC3)cc2)nc1C#N)c1ccccc1. The summed E-state index contributed by atoms with van der Waals surface area (Å²) in [6.07, 6.45) is 3.91. The summed E-state index contributed by atoms with van der Waals surface area (Å²) in [6.45, 7) is 3.09. The molecule has 7 nitrogen and oxygen atoms in total. The van der Waals surface area contributed by atoms with Crippen LogP contribution < -0.4 is 5.32 Å². The third kappa shape index (κ3) is 4.69. The maximum Gasteiger partial charge on any atom is 0.243 e. The van der Waals surface area contributed by atoms with Crippen molar-refractivity contribution in [3.8, 4) is 17.5 Å². The van der Waals surface area contributed by atoms with Crippen LogP contribution in [-0.2, 0) is 10.0 Å². The molecule has 0 radical (unpaired) electrons. The Morgan fingerprint density at radius 1 is 1.03 bits per heavy atom. The lowest BCUT2D eigenvalue weighted by Crippen LogP contribution is -2.31. The second kappa shape index (κ2) is 9.55. The van der Waals surface area contributed by atoms with Crippen molar-refractivity contribution < 1.29 is 12.8 Å². The van der Waals surface area contributed by atoms with Gasteiger partial charge in [-0.1, -0.05) is 43.2 Å². The summed E-state index contributed by atoms with van der Waals surface area (Å²) in [7, 11) is -3.52. The van der Waals surface area contributed by atoms with Crippen molar-refractivity contribution in [1.82, 2.24) is 9.29 Å². The van der Waals surface area contributed by atoms with Gasteiger partial charge in [-0.25, -0.2) is 8.42 Å². The van der Waals surface area contributed by atoms with E-state index in [4.69, 9.17) is 4.42 Å². The van der Waals surface area contributed by atoms with Crippen LogP contribution in [0.25, 0.3) is 11.5 Å². The third-order valence-corrected chi connectivity index (χ3v) is 7.60. The van der Waals surface area contributed by atoms with Gasteiger partial charge in [0.15, 0.2) is 0 Å². The largest absolute Gasteiger partial charge is 0.419 e. The predicted molar refractivity (Wildman–Crippen MR) is 122 cm³/mol. The smallest absolute Gasteiger partial charge is 0.243 e. The van der Waals surface area contributed by atoms with Gasteiger partial charge < -0.3 is 9.73 Å². The number of nitrogens with zero attached hydrogens (tertiary/aromatic N) is 3. The molecule has 0 unspecified atom stereocenters. The number of aromatic nitrogens is 1. The first-order chi connectivity index (χ1) is 15.5. The molecule has 4 rings (SSSR count). The number of nitrogens with one attached hydrogen (secondary N) is 1. The topological polar surface area (TPSA) is 99.2 Å². The fourth-order valence-corrected chi connectivity index (χ4v) is 5.36. The Morgan fingerprint density at radius 2 is 1.69 bits per heavy atom. The van der Waals surface area contributed by atoms with Crippen molar-refractivity contribution in [1.29, 1.82) is 5.26 Å². The van der Waals surface area contributed by atoms with Crippen molar-refractivity contribution in [2.75, 3.05) is 18.4 Å². The average Bonchev–Trinajstić information content (AvgIpc) is 3.02. The van der Waals surface area contributed by atoms with Crippen LogP contribution in [0.1, 0.15) is 49.9 Å². The molecule has 1 atom stereocenters. The summed E-state index contributed by atoms with van der Waals surface area (Å²) in [5.41, 5.74) is 1.82. The van der Waals surface area contributed by atoms with Gasteiger partial charge in [-0.15, -0.1) is 0 Å². The van der Waals surface area contributed by atoms with Crippen molar-refractivity contribution in [3.63, 3.8) is 0 Å². The predicted octanol–water partition coefficient (Wildman–Crippen LogP) is 4.95. The lowest BCUT2D eigenvalue weighted by Gasteiger charge is -2.19. The van der Waals surface area contributed by atoms with Crippen LogP contribution in [0.5, 0.6) is 0 Å². The van der Waals surface area contributed by atoms with Crippen molar-refractivity contribution >= 4 is 15.9 Å². The molecule has 1 aromatic heterocycles. The number of hydrogen-bond donors (Lipinski definition) is 1. The van der Waals surface area contributed by atoms with E-state index in [0.717, 1.165) is 31.2 Å². The number of benzene rings is 2. The van der Waals surface area contributed by atoms with Crippen molar-refractivity contribution in [2.24, 2.45) is 0 Å². The molecule has 0 amide bonds. The number of nitriles is 1. The highest BCUT2D eigenvalue weighted by molar-refractivity contribution is 7.89. The van der Waals surface area contributed by atoms with E-state index in [9.17, 15) is 13.7 Å². The van der Waals surface area contributed by atoms with Crippen LogP contribution in [-0.4, -0.2) is 30.8 Å². The first kappa shape index (κ1) is 22.1. The molecule has 1 aliphatic heterocycles. The quantitative estimate of drug-likeness (QED) is 0.570. The Balaban J connectivity index is 1.55. The van der Waals surface area contributed by atoms with Gasteiger partial charge in [-0.05, 0) is 49.6 Å². The minimum Gasteiger partial charge on any atom is -0.419 e. The van der Waals surface area contributed by atoms with Crippen LogP contribution in [0, 0.1) is 11.3 Å². The number of rotatable bonds is 6. The molecule has 0 bridgehead atoms. The molecule has 32 heavy (non-hydrogen) atoms. The fraction of sp³-hybridized carbons (Fsp3) is 0.333. The summed E-state index contributed by atoms with van der Waals surface area (Å²) in [5, 5.41) is 12.7. The molecule has 0 saturated carbocycles. The maximum atomic E-state index is 13.0. The zero-order valence-electron chi connectivity index (χ0n) is 18.0. The molecule has 1 N–H and O–H groups in total. The van der Waals surface area contributed by atoms with Gasteiger partial charge in [-0.3, -0.25) is 0 Å². The Bertz CT molecular complexity index is 1190. The van der Waals surface area contributed by atoms with E-state index in [2.05, 4.69) is 16.4 Å². The molecule has 2 heterocycles. The van der Waals surface area contributed by atoms with Crippen LogP contribution >= 0.6 is 0 Å². The van der Waals surface area contributed by atoms with E-state index >= 15 is 0 Å². The zero-order chi connectivity index (χ0) is 22.6. The molecule has 3 aromatic rings. The van der Waals surface area contributed by atoms with Gasteiger partial charge in [0.1, 0.15) is 6.07 Å². The van der Waals surface area contributed by atoms with Crippen LogP contribution in [0.2, 0.25) is 0 Å². The van der Waals surface area contributed by atoms with Gasteiger partial charge in [0, 0.05) is 18.7 Å². The monoisotopic (exact) mass is 450 g/mol. The lowest BCUT2D eigenvalue weighted by atomic mass is 10.1. The van der Waals surface area contributed by atoms with Crippen LogP contribution in [0.15, 0.2) is 63.9 Å². The molecule has 166 valence electrons. The minimum atomic E-state index is -3.52. The van der Waals surface area contributed by atoms with E-state index in [-0.39, 0.29) is 22.5 Å². The Morgan fingerprint density at radius 3 is 2.31 bits per heavy atom. The summed E-state index contributed by atoms with van der Waals surface area (Å²) < 4.78 is 33.4. The van der Waals surface area contributed by atoms with Gasteiger partial charge in [0.25, 0.3) is 0 Å².